The molecule has 0 unspecified atom stereocenters. The summed E-state index contributed by atoms with van der Waals surface area (Å²) in [6, 6.07) is 6.24. The summed E-state index contributed by atoms with van der Waals surface area (Å²) in [6.07, 6.45) is 0. The molecular weight excluding hydrogens is 263 g/mol. The lowest BCUT2D eigenvalue weighted by molar-refractivity contribution is 0.556. The van der Waals surface area contributed by atoms with Gasteiger partial charge >= 0.3 is 0 Å². The van der Waals surface area contributed by atoms with Crippen molar-refractivity contribution in [1.82, 2.24) is 5.32 Å². The Kier molecular flexibility index (Phi) is 4.89. The van der Waals surface area contributed by atoms with Gasteiger partial charge < -0.3 is 11.1 Å². The van der Waals surface area contributed by atoms with Gasteiger partial charge in [-0.2, -0.15) is 0 Å². The van der Waals surface area contributed by atoms with E-state index in [0.717, 1.165) is 16.0 Å². The molecule has 0 saturated heterocycles. The highest BCUT2D eigenvalue weighted by Crippen LogP contribution is 2.23. The minimum Gasteiger partial charge on any atom is -0.329 e. The number of halogens is 2. The van der Waals surface area contributed by atoms with E-state index in [2.05, 4.69) is 28.2 Å². The van der Waals surface area contributed by atoms with Gasteiger partial charge in [0.05, 0.1) is 5.02 Å². The molecule has 0 heterocycles. The fourth-order valence-electron chi connectivity index (χ4n) is 1.03. The van der Waals surface area contributed by atoms with Crippen molar-refractivity contribution < 1.29 is 0 Å². The van der Waals surface area contributed by atoms with Crippen LogP contribution in [0.1, 0.15) is 12.5 Å². The molecule has 1 rings (SSSR count). The molecular formula is C10H14BrClN2. The molecule has 0 aliphatic carbocycles. The normalized spacial score (nSPS) is 12.9. The van der Waals surface area contributed by atoms with Crippen LogP contribution in [0, 0.1) is 0 Å². The summed E-state index contributed by atoms with van der Waals surface area (Å²) in [5.41, 5.74) is 6.69. The SMILES string of the molecule is C[C@H](CN)NCc1ccc(Cl)c(Br)c1. The Hall–Kier alpha value is -0.0900. The molecule has 4 heteroatoms. The molecule has 0 aromatic heterocycles. The molecule has 1 atom stereocenters. The van der Waals surface area contributed by atoms with E-state index in [4.69, 9.17) is 17.3 Å². The first-order valence-electron chi connectivity index (χ1n) is 4.51. The van der Waals surface area contributed by atoms with Crippen LogP contribution in [0.15, 0.2) is 22.7 Å². The molecule has 1 aromatic rings. The summed E-state index contributed by atoms with van der Waals surface area (Å²) in [5.74, 6) is 0. The summed E-state index contributed by atoms with van der Waals surface area (Å²) in [5, 5.41) is 4.04. The van der Waals surface area contributed by atoms with Crippen molar-refractivity contribution in [2.45, 2.75) is 19.5 Å². The average Bonchev–Trinajstić information content (AvgIpc) is 2.19. The van der Waals surface area contributed by atoms with Crippen LogP contribution in [0.4, 0.5) is 0 Å². The maximum atomic E-state index is 5.88. The molecule has 1 aromatic carbocycles. The van der Waals surface area contributed by atoms with Gasteiger partial charge in [0.1, 0.15) is 0 Å². The predicted molar refractivity (Wildman–Crippen MR) is 64.5 cm³/mol. The molecule has 14 heavy (non-hydrogen) atoms. The van der Waals surface area contributed by atoms with Crippen LogP contribution >= 0.6 is 27.5 Å². The summed E-state index contributed by atoms with van der Waals surface area (Å²) in [7, 11) is 0. The highest BCUT2D eigenvalue weighted by atomic mass is 79.9. The predicted octanol–water partition coefficient (Wildman–Crippen LogP) is 2.54. The molecule has 0 bridgehead atoms. The van der Waals surface area contributed by atoms with Crippen molar-refractivity contribution in [2.75, 3.05) is 6.54 Å². The largest absolute Gasteiger partial charge is 0.329 e. The van der Waals surface area contributed by atoms with Crippen molar-refractivity contribution >= 4 is 27.5 Å². The molecule has 0 fully saturated rings. The smallest absolute Gasteiger partial charge is 0.0548 e. The van der Waals surface area contributed by atoms with E-state index in [-0.39, 0.29) is 0 Å². The summed E-state index contributed by atoms with van der Waals surface area (Å²) in [6.45, 7) is 3.52. The van der Waals surface area contributed by atoms with Gasteiger partial charge in [0.15, 0.2) is 0 Å². The monoisotopic (exact) mass is 276 g/mol. The van der Waals surface area contributed by atoms with Crippen LogP contribution in [-0.4, -0.2) is 12.6 Å². The zero-order valence-corrected chi connectivity index (χ0v) is 10.4. The van der Waals surface area contributed by atoms with E-state index in [1.807, 2.05) is 18.2 Å². The average molecular weight is 278 g/mol. The van der Waals surface area contributed by atoms with Crippen LogP contribution in [0.3, 0.4) is 0 Å². The first-order chi connectivity index (χ1) is 6.63. The van der Waals surface area contributed by atoms with Gasteiger partial charge in [-0.25, -0.2) is 0 Å². The van der Waals surface area contributed by atoms with Gasteiger partial charge in [-0.05, 0) is 40.5 Å². The number of nitrogens with one attached hydrogen (secondary N) is 1. The number of rotatable bonds is 4. The summed E-state index contributed by atoms with van der Waals surface area (Å²) in [4.78, 5) is 0. The van der Waals surface area contributed by atoms with E-state index in [1.165, 1.54) is 5.56 Å². The summed E-state index contributed by atoms with van der Waals surface area (Å²) < 4.78 is 0.930. The maximum absolute atomic E-state index is 5.88. The first-order valence-corrected chi connectivity index (χ1v) is 5.68. The van der Waals surface area contributed by atoms with Crippen molar-refractivity contribution in [3.05, 3.63) is 33.3 Å². The maximum Gasteiger partial charge on any atom is 0.0548 e. The highest BCUT2D eigenvalue weighted by molar-refractivity contribution is 9.10. The quantitative estimate of drug-likeness (QED) is 0.887. The minimum absolute atomic E-state index is 0.337. The summed E-state index contributed by atoms with van der Waals surface area (Å²) >= 11 is 9.27. The van der Waals surface area contributed by atoms with Gasteiger partial charge in [-0.15, -0.1) is 0 Å². The van der Waals surface area contributed by atoms with Crippen molar-refractivity contribution in [1.29, 1.82) is 0 Å². The zero-order chi connectivity index (χ0) is 10.6. The number of nitrogens with two attached hydrogens (primary N) is 1. The highest BCUT2D eigenvalue weighted by Gasteiger charge is 2.01. The lowest BCUT2D eigenvalue weighted by Gasteiger charge is -2.11. The fourth-order valence-corrected chi connectivity index (χ4v) is 1.57. The van der Waals surface area contributed by atoms with Crippen LogP contribution in [0.2, 0.25) is 5.02 Å². The Morgan fingerprint density at radius 1 is 1.57 bits per heavy atom. The van der Waals surface area contributed by atoms with E-state index >= 15 is 0 Å². The van der Waals surface area contributed by atoms with Gasteiger partial charge in [0, 0.05) is 23.6 Å². The van der Waals surface area contributed by atoms with E-state index < -0.39 is 0 Å². The molecule has 0 aliphatic rings. The fraction of sp³-hybridized carbons (Fsp3) is 0.400. The molecule has 2 nitrogen and oxygen atoms in total. The molecule has 3 N–H and O–H groups in total. The second-order valence-electron chi connectivity index (χ2n) is 3.27. The van der Waals surface area contributed by atoms with Crippen molar-refractivity contribution in [2.24, 2.45) is 5.73 Å². The Morgan fingerprint density at radius 2 is 2.29 bits per heavy atom. The standard InChI is InChI=1S/C10H14BrClN2/c1-7(5-13)14-6-8-2-3-10(12)9(11)4-8/h2-4,7,14H,5-6,13H2,1H3/t7-/m1/s1. The lowest BCUT2D eigenvalue weighted by atomic mass is 10.2. The molecule has 0 aliphatic heterocycles. The van der Waals surface area contributed by atoms with Gasteiger partial charge in [-0.1, -0.05) is 17.7 Å². The number of hydrogen-bond acceptors (Lipinski definition) is 2. The van der Waals surface area contributed by atoms with Crippen molar-refractivity contribution in [3.63, 3.8) is 0 Å². The van der Waals surface area contributed by atoms with Crippen LogP contribution in [0.25, 0.3) is 0 Å². The van der Waals surface area contributed by atoms with E-state index in [9.17, 15) is 0 Å². The van der Waals surface area contributed by atoms with Crippen LogP contribution in [-0.2, 0) is 6.54 Å². The van der Waals surface area contributed by atoms with E-state index in [1.54, 1.807) is 0 Å². The van der Waals surface area contributed by atoms with Crippen LogP contribution in [0.5, 0.6) is 0 Å². The first kappa shape index (κ1) is 12.0. The Morgan fingerprint density at radius 3 is 2.86 bits per heavy atom. The molecule has 0 saturated carbocycles. The number of benzene rings is 1. The van der Waals surface area contributed by atoms with Crippen LogP contribution < -0.4 is 11.1 Å². The molecule has 0 amide bonds. The third kappa shape index (κ3) is 3.58. The number of hydrogen-bond donors (Lipinski definition) is 2. The minimum atomic E-state index is 0.337. The molecule has 0 radical (unpaired) electrons. The second-order valence-corrected chi connectivity index (χ2v) is 4.53. The molecule has 78 valence electrons. The second kappa shape index (κ2) is 5.71. The topological polar surface area (TPSA) is 38.0 Å². The third-order valence-corrected chi connectivity index (χ3v) is 3.21. The Labute approximate surface area is 98.0 Å². The Bertz CT molecular complexity index is 304. The van der Waals surface area contributed by atoms with Gasteiger partial charge in [-0.3, -0.25) is 0 Å². The van der Waals surface area contributed by atoms with E-state index in [0.29, 0.717) is 12.6 Å². The lowest BCUT2D eigenvalue weighted by Crippen LogP contribution is -2.32. The third-order valence-electron chi connectivity index (χ3n) is 1.99. The Balaban J connectivity index is 2.55. The van der Waals surface area contributed by atoms with Gasteiger partial charge in [0.2, 0.25) is 0 Å². The molecule has 0 spiro atoms. The zero-order valence-electron chi connectivity index (χ0n) is 8.06. The van der Waals surface area contributed by atoms with Crippen molar-refractivity contribution in [3.8, 4) is 0 Å². The van der Waals surface area contributed by atoms with Gasteiger partial charge in [0.25, 0.3) is 0 Å².